The number of para-hydroxylation sites is 2. The fourth-order valence-electron chi connectivity index (χ4n) is 2.40. The van der Waals surface area contributed by atoms with Crippen molar-refractivity contribution >= 4 is 35.7 Å². The number of aromatic nitrogens is 2. The van der Waals surface area contributed by atoms with Gasteiger partial charge in [0.2, 0.25) is 11.8 Å². The summed E-state index contributed by atoms with van der Waals surface area (Å²) in [5, 5.41) is 13.2. The number of H-pyrrole nitrogens is 1. The van der Waals surface area contributed by atoms with E-state index >= 15 is 0 Å². The Balaban J connectivity index is 1.98. The van der Waals surface area contributed by atoms with Crippen LogP contribution in [0.4, 0.5) is 11.4 Å². The number of carbonyl (C=O) groups excluding carboxylic acids is 1. The molecule has 130 valence electrons. The van der Waals surface area contributed by atoms with Crippen molar-refractivity contribution in [3.63, 3.8) is 0 Å². The summed E-state index contributed by atoms with van der Waals surface area (Å²) in [5.41, 5.74) is 0.565. The number of rotatable bonds is 5. The zero-order valence-corrected chi connectivity index (χ0v) is 14.5. The van der Waals surface area contributed by atoms with Crippen LogP contribution in [-0.4, -0.2) is 26.8 Å². The van der Waals surface area contributed by atoms with Gasteiger partial charge in [-0.3, -0.25) is 24.1 Å². The van der Waals surface area contributed by atoms with E-state index < -0.39 is 5.56 Å². The zero-order valence-electron chi connectivity index (χ0n) is 13.7. The van der Waals surface area contributed by atoms with Crippen LogP contribution in [0.1, 0.15) is 37.8 Å². The van der Waals surface area contributed by atoms with Crippen molar-refractivity contribution < 1.29 is 9.90 Å². The van der Waals surface area contributed by atoms with Crippen molar-refractivity contribution in [2.24, 2.45) is 4.99 Å². The maximum Gasteiger partial charge on any atom is 0.264 e. The van der Waals surface area contributed by atoms with Crippen LogP contribution in [0, 0.1) is 4.77 Å². The molecule has 1 aromatic carbocycles. The largest absolute Gasteiger partial charge is 0.494 e. The molecule has 0 spiro atoms. The Bertz CT molecular complexity index is 957. The van der Waals surface area contributed by atoms with Crippen molar-refractivity contribution in [2.75, 3.05) is 5.32 Å². The first-order valence-corrected chi connectivity index (χ1v) is 8.42. The van der Waals surface area contributed by atoms with E-state index in [0.29, 0.717) is 17.8 Å². The standard InChI is InChI=1S/C17H18N4O3S/c1-2-14(22)19-13-6-4-3-5-12(13)18-9-11-15(23)20-17(25)21(16(11)24)10-7-8-10/h3-6,9-10,24H,2,7-8H2,1H3,(H,19,22)(H,20,23,25). The number of hydrogen-bond donors (Lipinski definition) is 3. The van der Waals surface area contributed by atoms with Gasteiger partial charge in [-0.2, -0.15) is 0 Å². The molecule has 1 saturated carbocycles. The Hall–Kier alpha value is -2.74. The molecule has 3 rings (SSSR count). The number of aliphatic imine (C=N–C) groups is 1. The van der Waals surface area contributed by atoms with E-state index in [-0.39, 0.29) is 28.2 Å². The Morgan fingerprint density at radius 1 is 1.48 bits per heavy atom. The second-order valence-electron chi connectivity index (χ2n) is 5.77. The summed E-state index contributed by atoms with van der Waals surface area (Å²) in [4.78, 5) is 30.6. The third-order valence-electron chi connectivity index (χ3n) is 3.90. The molecule has 0 unspecified atom stereocenters. The monoisotopic (exact) mass is 358 g/mol. The normalized spacial score (nSPS) is 14.0. The van der Waals surface area contributed by atoms with Gasteiger partial charge >= 0.3 is 0 Å². The molecule has 1 heterocycles. The lowest BCUT2D eigenvalue weighted by Gasteiger charge is -2.10. The number of nitrogens with one attached hydrogen (secondary N) is 2. The Kier molecular flexibility index (Phi) is 4.80. The van der Waals surface area contributed by atoms with Gasteiger partial charge in [-0.1, -0.05) is 19.1 Å². The third-order valence-corrected chi connectivity index (χ3v) is 4.20. The lowest BCUT2D eigenvalue weighted by Crippen LogP contribution is -2.18. The third kappa shape index (κ3) is 3.69. The lowest BCUT2D eigenvalue weighted by atomic mass is 10.2. The predicted octanol–water partition coefficient (Wildman–Crippen LogP) is 3.05. The van der Waals surface area contributed by atoms with Crippen LogP contribution in [0.2, 0.25) is 0 Å². The first kappa shape index (κ1) is 17.1. The first-order chi connectivity index (χ1) is 12.0. The number of aromatic amines is 1. The summed E-state index contributed by atoms with van der Waals surface area (Å²) in [6.45, 7) is 1.76. The highest BCUT2D eigenvalue weighted by Gasteiger charge is 2.27. The summed E-state index contributed by atoms with van der Waals surface area (Å²) in [6, 6.07) is 7.11. The molecule has 3 N–H and O–H groups in total. The van der Waals surface area contributed by atoms with Crippen molar-refractivity contribution in [1.29, 1.82) is 0 Å². The van der Waals surface area contributed by atoms with Crippen molar-refractivity contribution in [2.45, 2.75) is 32.2 Å². The summed E-state index contributed by atoms with van der Waals surface area (Å²) in [5.74, 6) is -0.319. The molecule has 1 aromatic heterocycles. The smallest absolute Gasteiger partial charge is 0.264 e. The fourth-order valence-corrected chi connectivity index (χ4v) is 2.73. The van der Waals surface area contributed by atoms with E-state index in [1.54, 1.807) is 35.8 Å². The van der Waals surface area contributed by atoms with Gasteiger partial charge < -0.3 is 10.4 Å². The minimum absolute atomic E-state index is 0.0390. The highest BCUT2D eigenvalue weighted by atomic mass is 32.1. The number of aromatic hydroxyl groups is 1. The van der Waals surface area contributed by atoms with Crippen LogP contribution in [0.5, 0.6) is 5.88 Å². The van der Waals surface area contributed by atoms with Gasteiger partial charge in [-0.15, -0.1) is 0 Å². The van der Waals surface area contributed by atoms with Gasteiger partial charge in [0.1, 0.15) is 5.56 Å². The summed E-state index contributed by atoms with van der Waals surface area (Å²) in [6.07, 6.45) is 3.46. The van der Waals surface area contributed by atoms with E-state index in [1.165, 1.54) is 6.21 Å². The number of hydrogen-bond acceptors (Lipinski definition) is 5. The maximum atomic E-state index is 12.1. The second kappa shape index (κ2) is 7.02. The summed E-state index contributed by atoms with van der Waals surface area (Å²) >= 11 is 5.12. The Labute approximate surface area is 149 Å². The van der Waals surface area contributed by atoms with Gasteiger partial charge in [0.15, 0.2) is 4.77 Å². The van der Waals surface area contributed by atoms with Gasteiger partial charge in [0, 0.05) is 18.7 Å². The molecule has 1 fully saturated rings. The molecule has 0 saturated heterocycles. The quantitative estimate of drug-likeness (QED) is 0.565. The van der Waals surface area contributed by atoms with Crippen LogP contribution in [-0.2, 0) is 4.79 Å². The Morgan fingerprint density at radius 2 is 2.20 bits per heavy atom. The van der Waals surface area contributed by atoms with Crippen LogP contribution >= 0.6 is 12.2 Å². The first-order valence-electron chi connectivity index (χ1n) is 8.02. The van der Waals surface area contributed by atoms with Gasteiger partial charge in [0.25, 0.3) is 5.56 Å². The number of anilines is 1. The zero-order chi connectivity index (χ0) is 18.0. The number of carbonyl (C=O) groups is 1. The average Bonchev–Trinajstić information content (AvgIpc) is 3.40. The molecule has 7 nitrogen and oxygen atoms in total. The highest BCUT2D eigenvalue weighted by Crippen LogP contribution is 2.38. The summed E-state index contributed by atoms with van der Waals surface area (Å²) < 4.78 is 1.75. The highest BCUT2D eigenvalue weighted by molar-refractivity contribution is 7.71. The maximum absolute atomic E-state index is 12.1. The molecule has 1 amide bonds. The average molecular weight is 358 g/mol. The minimum Gasteiger partial charge on any atom is -0.494 e. The molecule has 25 heavy (non-hydrogen) atoms. The number of amides is 1. The molecular weight excluding hydrogens is 340 g/mol. The van der Waals surface area contributed by atoms with Crippen molar-refractivity contribution in [3.8, 4) is 5.88 Å². The number of nitrogens with zero attached hydrogens (tertiary/aromatic N) is 2. The molecular formula is C17H18N4O3S. The topological polar surface area (TPSA) is 99.5 Å². The molecule has 0 aliphatic heterocycles. The predicted molar refractivity (Wildman–Crippen MR) is 98.4 cm³/mol. The molecule has 1 aliphatic rings. The van der Waals surface area contributed by atoms with Crippen molar-refractivity contribution in [3.05, 3.63) is 45.0 Å². The van der Waals surface area contributed by atoms with E-state index in [2.05, 4.69) is 15.3 Å². The molecule has 1 aliphatic carbocycles. The van der Waals surface area contributed by atoms with Crippen LogP contribution in [0.15, 0.2) is 34.1 Å². The van der Waals surface area contributed by atoms with E-state index in [1.807, 2.05) is 0 Å². The second-order valence-corrected chi connectivity index (χ2v) is 6.16. The lowest BCUT2D eigenvalue weighted by molar-refractivity contribution is -0.115. The van der Waals surface area contributed by atoms with Gasteiger partial charge in [-0.25, -0.2) is 0 Å². The number of benzene rings is 1. The summed E-state index contributed by atoms with van der Waals surface area (Å²) in [7, 11) is 0. The SMILES string of the molecule is CCC(=O)Nc1ccccc1N=Cc1c(O)n(C2CC2)c(=S)[nH]c1=O. The molecule has 0 atom stereocenters. The van der Waals surface area contributed by atoms with Crippen molar-refractivity contribution in [1.82, 2.24) is 9.55 Å². The van der Waals surface area contributed by atoms with E-state index in [4.69, 9.17) is 12.2 Å². The molecule has 0 radical (unpaired) electrons. The van der Waals surface area contributed by atoms with Gasteiger partial charge in [-0.05, 0) is 37.2 Å². The van der Waals surface area contributed by atoms with Crippen LogP contribution in [0.25, 0.3) is 0 Å². The fraction of sp³-hybridized carbons (Fsp3) is 0.294. The van der Waals surface area contributed by atoms with E-state index in [9.17, 15) is 14.7 Å². The molecule has 8 heteroatoms. The molecule has 2 aromatic rings. The van der Waals surface area contributed by atoms with Gasteiger partial charge in [0.05, 0.1) is 11.4 Å². The van der Waals surface area contributed by atoms with E-state index in [0.717, 1.165) is 12.8 Å². The Morgan fingerprint density at radius 3 is 2.88 bits per heavy atom. The minimum atomic E-state index is -0.502. The van der Waals surface area contributed by atoms with Crippen LogP contribution in [0.3, 0.4) is 0 Å². The van der Waals surface area contributed by atoms with Crippen LogP contribution < -0.4 is 10.9 Å². The molecule has 0 bridgehead atoms.